The van der Waals surface area contributed by atoms with Crippen LogP contribution in [0.15, 0.2) is 11.3 Å². The number of carbonyl (C=O) groups is 1. The number of hydroxylamine groups is 1. The maximum atomic E-state index is 10.4. The van der Waals surface area contributed by atoms with Crippen molar-refractivity contribution in [2.75, 3.05) is 6.61 Å². The second-order valence-corrected chi connectivity index (χ2v) is 5.85. The van der Waals surface area contributed by atoms with Gasteiger partial charge in [0, 0.05) is 11.6 Å². The molecule has 0 radical (unpaired) electrons. The van der Waals surface area contributed by atoms with Crippen LogP contribution >= 0.6 is 0 Å². The number of unbranched alkanes of at least 4 members (excludes halogenated alkanes) is 1. The lowest BCUT2D eigenvalue weighted by atomic mass is 9.83. The van der Waals surface area contributed by atoms with Crippen molar-refractivity contribution in [1.29, 1.82) is 0 Å². The topological polar surface area (TPSA) is 99.0 Å². The van der Waals surface area contributed by atoms with Crippen molar-refractivity contribution in [3.05, 3.63) is 11.3 Å². The summed E-state index contributed by atoms with van der Waals surface area (Å²) < 4.78 is 0. The van der Waals surface area contributed by atoms with E-state index in [-0.39, 0.29) is 11.8 Å². The van der Waals surface area contributed by atoms with Crippen LogP contribution in [0, 0.1) is 23.7 Å². The van der Waals surface area contributed by atoms with Gasteiger partial charge in [-0.05, 0) is 24.8 Å². The molecule has 4 atom stereocenters. The summed E-state index contributed by atoms with van der Waals surface area (Å²) in [6.07, 6.45) is 2.75. The molecule has 4 unspecified atom stereocenters. The predicted molar refractivity (Wildman–Crippen MR) is 79.3 cm³/mol. The Morgan fingerprint density at radius 3 is 2.95 bits per heavy atom. The van der Waals surface area contributed by atoms with Crippen LogP contribution in [0.5, 0.6) is 0 Å². The van der Waals surface area contributed by atoms with E-state index in [9.17, 15) is 15.0 Å². The number of aliphatic hydroxyl groups is 2. The Labute approximate surface area is 130 Å². The summed E-state index contributed by atoms with van der Waals surface area (Å²) in [4.78, 5) is 15.2. The summed E-state index contributed by atoms with van der Waals surface area (Å²) in [6.45, 7) is 1.66. The van der Waals surface area contributed by atoms with Gasteiger partial charge in [-0.15, -0.1) is 0 Å². The molecule has 2 aliphatic carbocycles. The molecule has 0 spiro atoms. The third-order valence-corrected chi connectivity index (χ3v) is 4.18. The quantitative estimate of drug-likeness (QED) is 0.410. The maximum Gasteiger partial charge on any atom is 0.332 e. The predicted octanol–water partition coefficient (Wildman–Crippen LogP) is 0.801. The lowest BCUT2D eigenvalue weighted by Gasteiger charge is -2.30. The second-order valence-electron chi connectivity index (χ2n) is 5.85. The monoisotopic (exact) mass is 309 g/mol. The van der Waals surface area contributed by atoms with Crippen LogP contribution in [0.4, 0.5) is 0 Å². The van der Waals surface area contributed by atoms with Gasteiger partial charge in [0.1, 0.15) is 6.10 Å². The Balaban J connectivity index is 1.86. The molecule has 0 saturated heterocycles. The number of aliphatic carboxylic acids is 1. The van der Waals surface area contributed by atoms with E-state index in [1.807, 2.05) is 0 Å². The minimum absolute atomic E-state index is 0.0722. The molecule has 22 heavy (non-hydrogen) atoms. The third kappa shape index (κ3) is 4.01. The number of fused-ring (bicyclic) bond motifs is 1. The molecule has 1 fully saturated rings. The molecule has 0 aliphatic heterocycles. The van der Waals surface area contributed by atoms with Gasteiger partial charge in [0.25, 0.3) is 0 Å². The zero-order chi connectivity index (χ0) is 16.1. The Morgan fingerprint density at radius 1 is 1.50 bits per heavy atom. The van der Waals surface area contributed by atoms with Gasteiger partial charge in [-0.1, -0.05) is 31.6 Å². The lowest BCUT2D eigenvalue weighted by molar-refractivity contribution is -0.144. The van der Waals surface area contributed by atoms with Gasteiger partial charge in [-0.2, -0.15) is 0 Å². The van der Waals surface area contributed by atoms with Crippen molar-refractivity contribution in [2.24, 2.45) is 11.8 Å². The Kier molecular flexibility index (Phi) is 5.83. The fraction of sp³-hybridized carbons (Fsp3) is 0.688. The fourth-order valence-electron chi connectivity index (χ4n) is 2.91. The first-order chi connectivity index (χ1) is 10.5. The average Bonchev–Trinajstić information content (AvgIpc) is 2.70. The highest BCUT2D eigenvalue weighted by Gasteiger charge is 2.45. The van der Waals surface area contributed by atoms with Gasteiger partial charge in [0.15, 0.2) is 6.61 Å². The molecular formula is C16H23NO5. The van der Waals surface area contributed by atoms with E-state index in [1.165, 1.54) is 0 Å². The number of allylic oxidation sites excluding steroid dienone is 1. The molecule has 2 aliphatic rings. The molecule has 2 rings (SSSR count). The Morgan fingerprint density at radius 2 is 2.27 bits per heavy atom. The molecule has 4 N–H and O–H groups in total. The molecule has 6 heteroatoms. The first-order valence-corrected chi connectivity index (χ1v) is 7.71. The minimum atomic E-state index is -1.04. The summed E-state index contributed by atoms with van der Waals surface area (Å²) in [5.41, 5.74) is 4.55. The van der Waals surface area contributed by atoms with Crippen LogP contribution in [-0.2, 0) is 9.63 Å². The zero-order valence-corrected chi connectivity index (χ0v) is 12.7. The van der Waals surface area contributed by atoms with E-state index in [2.05, 4.69) is 24.2 Å². The molecule has 0 aromatic heterocycles. The second kappa shape index (κ2) is 7.63. The molecule has 0 aromatic rings. The highest BCUT2D eigenvalue weighted by molar-refractivity contribution is 5.67. The van der Waals surface area contributed by atoms with E-state index in [0.29, 0.717) is 19.3 Å². The highest BCUT2D eigenvalue weighted by Crippen LogP contribution is 2.48. The van der Waals surface area contributed by atoms with Gasteiger partial charge in [-0.25, -0.2) is 4.79 Å². The van der Waals surface area contributed by atoms with Gasteiger partial charge < -0.3 is 15.3 Å². The van der Waals surface area contributed by atoms with Crippen molar-refractivity contribution in [3.63, 3.8) is 0 Å². The summed E-state index contributed by atoms with van der Waals surface area (Å²) in [5.74, 6) is 4.68. The first kappa shape index (κ1) is 16.8. The van der Waals surface area contributed by atoms with E-state index < -0.39 is 24.8 Å². The number of carboxylic acids is 1. The molecule has 0 amide bonds. The zero-order valence-electron chi connectivity index (χ0n) is 12.7. The largest absolute Gasteiger partial charge is 0.479 e. The first-order valence-electron chi connectivity index (χ1n) is 7.71. The third-order valence-electron chi connectivity index (χ3n) is 4.18. The van der Waals surface area contributed by atoms with Crippen molar-refractivity contribution in [3.8, 4) is 11.8 Å². The van der Waals surface area contributed by atoms with Crippen LogP contribution in [0.3, 0.4) is 0 Å². The smallest absolute Gasteiger partial charge is 0.332 e. The maximum absolute atomic E-state index is 10.4. The SMILES string of the molecule is CCCCC(O)C#CC1CC2=C(NOCC(=O)O)CC2C1O. The van der Waals surface area contributed by atoms with E-state index in [4.69, 9.17) is 9.94 Å². The van der Waals surface area contributed by atoms with Crippen molar-refractivity contribution in [2.45, 2.75) is 51.2 Å². The van der Waals surface area contributed by atoms with Crippen LogP contribution in [0.1, 0.15) is 39.0 Å². The van der Waals surface area contributed by atoms with E-state index in [1.54, 1.807) is 0 Å². The van der Waals surface area contributed by atoms with Crippen molar-refractivity contribution >= 4 is 5.97 Å². The molecule has 0 aromatic carbocycles. The van der Waals surface area contributed by atoms with Crippen molar-refractivity contribution in [1.82, 2.24) is 5.48 Å². The summed E-state index contributed by atoms with van der Waals surface area (Å²) >= 11 is 0. The Bertz CT molecular complexity index is 504. The van der Waals surface area contributed by atoms with Crippen molar-refractivity contribution < 1.29 is 25.0 Å². The fourth-order valence-corrected chi connectivity index (χ4v) is 2.91. The number of hydrogen-bond donors (Lipinski definition) is 4. The molecule has 122 valence electrons. The highest BCUT2D eigenvalue weighted by atomic mass is 16.7. The molecule has 6 nitrogen and oxygen atoms in total. The number of hydrogen-bond acceptors (Lipinski definition) is 5. The molecule has 0 heterocycles. The summed E-state index contributed by atoms with van der Waals surface area (Å²) in [5, 5.41) is 28.5. The summed E-state index contributed by atoms with van der Waals surface area (Å²) in [7, 11) is 0. The van der Waals surface area contributed by atoms with Crippen LogP contribution in [0.2, 0.25) is 0 Å². The number of carboxylic acid groups (broad SMARTS) is 1. The molecule has 0 bridgehead atoms. The van der Waals surface area contributed by atoms with E-state index in [0.717, 1.165) is 24.1 Å². The minimum Gasteiger partial charge on any atom is -0.479 e. The normalized spacial score (nSPS) is 27.5. The van der Waals surface area contributed by atoms with Gasteiger partial charge >= 0.3 is 5.97 Å². The van der Waals surface area contributed by atoms with E-state index >= 15 is 0 Å². The standard InChI is InChI=1S/C16H23NO5/c1-2-3-4-11(18)6-5-10-7-12-13(16(10)21)8-14(12)17-22-9-15(19)20/h10-11,13,16-18,21H,2-4,7-9H2,1H3,(H,19,20). The number of rotatable bonds is 7. The van der Waals surface area contributed by atoms with Gasteiger partial charge in [-0.3, -0.25) is 10.3 Å². The van der Waals surface area contributed by atoms with Crippen LogP contribution in [-0.4, -0.2) is 40.1 Å². The lowest BCUT2D eigenvalue weighted by Crippen LogP contribution is -2.32. The average molecular weight is 309 g/mol. The number of nitrogens with one attached hydrogen (secondary N) is 1. The van der Waals surface area contributed by atoms with Crippen LogP contribution in [0.25, 0.3) is 0 Å². The van der Waals surface area contributed by atoms with Gasteiger partial charge in [0.05, 0.1) is 12.0 Å². The Hall–Kier alpha value is -1.55. The molecular weight excluding hydrogens is 286 g/mol. The van der Waals surface area contributed by atoms with Crippen LogP contribution < -0.4 is 5.48 Å². The molecule has 1 saturated carbocycles. The number of aliphatic hydroxyl groups excluding tert-OH is 2. The summed E-state index contributed by atoms with van der Waals surface area (Å²) in [6, 6.07) is 0. The van der Waals surface area contributed by atoms with Gasteiger partial charge in [0.2, 0.25) is 0 Å².